The number of hydrogen-bond acceptors (Lipinski definition) is 1. The number of hydrogen-bond donors (Lipinski definition) is 0. The summed E-state index contributed by atoms with van der Waals surface area (Å²) in [6.07, 6.45) is 3.96. The molecule has 0 unspecified atom stereocenters. The van der Waals surface area contributed by atoms with E-state index in [-0.39, 0.29) is 17.0 Å². The molecule has 0 aromatic carbocycles. The first-order valence-corrected chi connectivity index (χ1v) is 4.51. The fourth-order valence-corrected chi connectivity index (χ4v) is 1.53. The molecule has 0 amide bonds. The summed E-state index contributed by atoms with van der Waals surface area (Å²) in [5, 5.41) is 1.27. The Hall–Kier alpha value is -0.280. The number of rotatable bonds is 3. The van der Waals surface area contributed by atoms with Crippen LogP contribution in [0.4, 0.5) is 0 Å². The molecule has 0 aliphatic carbocycles. The van der Waals surface area contributed by atoms with Gasteiger partial charge in [-0.2, -0.15) is 4.57 Å². The lowest BCUT2D eigenvalue weighted by Crippen LogP contribution is -3.00. The van der Waals surface area contributed by atoms with Gasteiger partial charge in [0.25, 0.3) is 0 Å². The molecule has 1 aromatic rings. The number of thioether (sulfide) groups is 1. The van der Waals surface area contributed by atoms with E-state index in [0.717, 1.165) is 5.75 Å². The molecule has 0 fully saturated rings. The molecule has 0 N–H and O–H groups in total. The zero-order valence-electron chi connectivity index (χ0n) is 7.03. The average molecular weight is 246 g/mol. The average Bonchev–Trinajstić information content (AvgIpc) is 2.03. The SMILES string of the molecule is C=CCSc1cccc[n+]1C.[Br-]. The van der Waals surface area contributed by atoms with Crippen LogP contribution in [-0.2, 0) is 7.05 Å². The van der Waals surface area contributed by atoms with E-state index in [9.17, 15) is 0 Å². The molecule has 0 spiro atoms. The van der Waals surface area contributed by atoms with Crippen molar-refractivity contribution >= 4 is 11.8 Å². The van der Waals surface area contributed by atoms with Crippen LogP contribution in [-0.4, -0.2) is 5.75 Å². The molecule has 12 heavy (non-hydrogen) atoms. The summed E-state index contributed by atoms with van der Waals surface area (Å²) >= 11 is 1.79. The number of nitrogens with zero attached hydrogens (tertiary/aromatic N) is 1. The van der Waals surface area contributed by atoms with Gasteiger partial charge in [0.05, 0.1) is 0 Å². The van der Waals surface area contributed by atoms with E-state index in [1.165, 1.54) is 5.03 Å². The molecule has 0 atom stereocenters. The molecule has 0 saturated heterocycles. The molecule has 66 valence electrons. The molecule has 0 aliphatic rings. The minimum Gasteiger partial charge on any atom is -1.00 e. The van der Waals surface area contributed by atoms with E-state index in [1.807, 2.05) is 31.5 Å². The summed E-state index contributed by atoms with van der Waals surface area (Å²) in [5.41, 5.74) is 0. The second-order valence-corrected chi connectivity index (χ2v) is 3.29. The number of aromatic nitrogens is 1. The zero-order valence-corrected chi connectivity index (χ0v) is 9.44. The maximum atomic E-state index is 3.68. The van der Waals surface area contributed by atoms with Gasteiger partial charge in [0.15, 0.2) is 6.20 Å². The Kier molecular flexibility index (Phi) is 6.11. The molecule has 1 aromatic heterocycles. The first kappa shape index (κ1) is 11.7. The molecule has 1 rings (SSSR count). The third-order valence-corrected chi connectivity index (χ3v) is 2.48. The highest BCUT2D eigenvalue weighted by atomic mass is 79.9. The topological polar surface area (TPSA) is 3.88 Å². The zero-order chi connectivity index (χ0) is 8.10. The van der Waals surface area contributed by atoms with Crippen molar-refractivity contribution in [1.82, 2.24) is 0 Å². The van der Waals surface area contributed by atoms with Crippen LogP contribution in [0.3, 0.4) is 0 Å². The Labute approximate surface area is 88.3 Å². The Morgan fingerprint density at radius 3 is 2.92 bits per heavy atom. The second-order valence-electron chi connectivity index (χ2n) is 2.25. The van der Waals surface area contributed by atoms with Crippen LogP contribution >= 0.6 is 11.8 Å². The van der Waals surface area contributed by atoms with Crippen molar-refractivity contribution in [3.8, 4) is 0 Å². The van der Waals surface area contributed by atoms with E-state index in [2.05, 4.69) is 17.2 Å². The lowest BCUT2D eigenvalue weighted by atomic mass is 10.5. The Balaban J connectivity index is 0.00000121. The number of aryl methyl sites for hydroxylation is 1. The standard InChI is InChI=1S/C9H12NS.BrH/c1-3-8-11-9-6-4-5-7-10(9)2;/h3-7H,1,8H2,2H3;1H/q+1;/p-1. The van der Waals surface area contributed by atoms with Gasteiger partial charge >= 0.3 is 0 Å². The normalized spacial score (nSPS) is 8.75. The predicted molar refractivity (Wildman–Crippen MR) is 48.5 cm³/mol. The van der Waals surface area contributed by atoms with Crippen molar-refractivity contribution in [1.29, 1.82) is 0 Å². The minimum atomic E-state index is 0. The Morgan fingerprint density at radius 2 is 2.33 bits per heavy atom. The largest absolute Gasteiger partial charge is 1.00 e. The highest BCUT2D eigenvalue weighted by Crippen LogP contribution is 2.11. The van der Waals surface area contributed by atoms with E-state index < -0.39 is 0 Å². The lowest BCUT2D eigenvalue weighted by molar-refractivity contribution is -0.708. The van der Waals surface area contributed by atoms with Crippen LogP contribution in [0, 0.1) is 0 Å². The first-order valence-electron chi connectivity index (χ1n) is 3.53. The van der Waals surface area contributed by atoms with Crippen molar-refractivity contribution in [2.24, 2.45) is 7.05 Å². The molecule has 1 heterocycles. The third kappa shape index (κ3) is 3.41. The summed E-state index contributed by atoms with van der Waals surface area (Å²) in [6.45, 7) is 3.68. The molecule has 0 saturated carbocycles. The van der Waals surface area contributed by atoms with E-state index >= 15 is 0 Å². The molecule has 0 aliphatic heterocycles. The van der Waals surface area contributed by atoms with Gasteiger partial charge < -0.3 is 17.0 Å². The maximum absolute atomic E-state index is 3.68. The van der Waals surface area contributed by atoms with Crippen LogP contribution in [0.2, 0.25) is 0 Å². The van der Waals surface area contributed by atoms with E-state index in [4.69, 9.17) is 0 Å². The molecule has 3 heteroatoms. The highest BCUT2D eigenvalue weighted by Gasteiger charge is 2.01. The van der Waals surface area contributed by atoms with Crippen LogP contribution in [0.5, 0.6) is 0 Å². The Bertz CT molecular complexity index is 250. The maximum Gasteiger partial charge on any atom is 0.240 e. The fourth-order valence-electron chi connectivity index (χ4n) is 0.802. The van der Waals surface area contributed by atoms with Gasteiger partial charge in [0, 0.05) is 17.9 Å². The predicted octanol–water partition coefficient (Wildman–Crippen LogP) is -1.21. The van der Waals surface area contributed by atoms with Gasteiger partial charge in [-0.1, -0.05) is 17.8 Å². The van der Waals surface area contributed by atoms with Crippen molar-refractivity contribution in [2.45, 2.75) is 5.03 Å². The van der Waals surface area contributed by atoms with Crippen LogP contribution < -0.4 is 21.5 Å². The van der Waals surface area contributed by atoms with Crippen molar-refractivity contribution in [3.63, 3.8) is 0 Å². The van der Waals surface area contributed by atoms with Gasteiger partial charge in [0.2, 0.25) is 5.03 Å². The molecule has 0 bridgehead atoms. The van der Waals surface area contributed by atoms with E-state index in [1.54, 1.807) is 11.8 Å². The quantitative estimate of drug-likeness (QED) is 0.368. The van der Waals surface area contributed by atoms with Gasteiger partial charge in [-0.3, -0.25) is 0 Å². The first-order chi connectivity index (χ1) is 5.34. The monoisotopic (exact) mass is 245 g/mol. The molecule has 0 radical (unpaired) electrons. The summed E-state index contributed by atoms with van der Waals surface area (Å²) in [6, 6.07) is 6.18. The van der Waals surface area contributed by atoms with Crippen LogP contribution in [0.15, 0.2) is 42.1 Å². The molecular formula is C9H12BrNS. The van der Waals surface area contributed by atoms with Crippen molar-refractivity contribution in [3.05, 3.63) is 37.1 Å². The van der Waals surface area contributed by atoms with Crippen LogP contribution in [0.25, 0.3) is 0 Å². The fraction of sp³-hybridized carbons (Fsp3) is 0.222. The van der Waals surface area contributed by atoms with E-state index in [0.29, 0.717) is 0 Å². The number of halogens is 1. The van der Waals surface area contributed by atoms with Crippen molar-refractivity contribution < 1.29 is 21.5 Å². The van der Waals surface area contributed by atoms with Crippen molar-refractivity contribution in [2.75, 3.05) is 5.75 Å². The molecular weight excluding hydrogens is 234 g/mol. The van der Waals surface area contributed by atoms with Gasteiger partial charge in [-0.15, -0.1) is 6.58 Å². The summed E-state index contributed by atoms with van der Waals surface area (Å²) < 4.78 is 2.11. The van der Waals surface area contributed by atoms with Gasteiger partial charge in [-0.05, 0) is 6.07 Å². The second kappa shape index (κ2) is 6.26. The summed E-state index contributed by atoms with van der Waals surface area (Å²) in [7, 11) is 2.05. The minimum absolute atomic E-state index is 0. The lowest BCUT2D eigenvalue weighted by Gasteiger charge is -1.94. The molecule has 1 nitrogen and oxygen atoms in total. The number of pyridine rings is 1. The summed E-state index contributed by atoms with van der Waals surface area (Å²) in [4.78, 5) is 0. The smallest absolute Gasteiger partial charge is 0.240 e. The van der Waals surface area contributed by atoms with Gasteiger partial charge in [0.1, 0.15) is 7.05 Å². The third-order valence-electron chi connectivity index (χ3n) is 1.36. The highest BCUT2D eigenvalue weighted by molar-refractivity contribution is 7.99. The van der Waals surface area contributed by atoms with Crippen LogP contribution in [0.1, 0.15) is 0 Å². The van der Waals surface area contributed by atoms with Gasteiger partial charge in [-0.25, -0.2) is 0 Å². The Morgan fingerprint density at radius 1 is 1.58 bits per heavy atom. The summed E-state index contributed by atoms with van der Waals surface area (Å²) in [5.74, 6) is 0.970.